The lowest BCUT2D eigenvalue weighted by Gasteiger charge is -2.19. The lowest BCUT2D eigenvalue weighted by Crippen LogP contribution is -2.42. The van der Waals surface area contributed by atoms with Gasteiger partial charge in [0.1, 0.15) is 5.75 Å². The fraction of sp³-hybridized carbons (Fsp3) is 0.185. The van der Waals surface area contributed by atoms with E-state index in [2.05, 4.69) is 20.4 Å². The van der Waals surface area contributed by atoms with E-state index < -0.39 is 24.1 Å². The van der Waals surface area contributed by atoms with Crippen LogP contribution in [-0.4, -0.2) is 42.8 Å². The molecule has 7 nitrogen and oxygen atoms in total. The monoisotopic (exact) mass is 510 g/mol. The molecule has 0 saturated carbocycles. The Labute approximate surface area is 210 Å². The quantitative estimate of drug-likeness (QED) is 0.282. The number of fused-ring (bicyclic) bond motifs is 1. The van der Waals surface area contributed by atoms with E-state index in [0.717, 1.165) is 22.5 Å². The lowest BCUT2D eigenvalue weighted by molar-refractivity contribution is -0.274. The zero-order chi connectivity index (χ0) is 26.6. The van der Waals surface area contributed by atoms with Crippen LogP contribution in [0.4, 0.5) is 13.2 Å². The predicted octanol–water partition coefficient (Wildman–Crippen LogP) is 4.39. The van der Waals surface area contributed by atoms with Crippen molar-refractivity contribution < 1.29 is 27.5 Å². The minimum atomic E-state index is -4.99. The van der Waals surface area contributed by atoms with Gasteiger partial charge in [-0.2, -0.15) is 0 Å². The van der Waals surface area contributed by atoms with Crippen molar-refractivity contribution in [3.63, 3.8) is 0 Å². The molecule has 3 aromatic carbocycles. The highest BCUT2D eigenvalue weighted by Gasteiger charge is 2.33. The molecule has 1 heterocycles. The zero-order valence-corrected chi connectivity index (χ0v) is 19.9. The zero-order valence-electron chi connectivity index (χ0n) is 19.9. The van der Waals surface area contributed by atoms with E-state index in [1.54, 1.807) is 24.3 Å². The summed E-state index contributed by atoms with van der Waals surface area (Å²) in [4.78, 5) is 28.4. The second kappa shape index (κ2) is 10.8. The van der Waals surface area contributed by atoms with Crippen molar-refractivity contribution in [3.05, 3.63) is 89.6 Å². The van der Waals surface area contributed by atoms with Crippen LogP contribution in [0.15, 0.2) is 72.9 Å². The Kier molecular flexibility index (Phi) is 7.49. The highest BCUT2D eigenvalue weighted by atomic mass is 19.4. The van der Waals surface area contributed by atoms with Crippen molar-refractivity contribution in [2.45, 2.75) is 18.8 Å². The molecule has 0 spiro atoms. The summed E-state index contributed by atoms with van der Waals surface area (Å²) >= 11 is 0. The van der Waals surface area contributed by atoms with E-state index in [9.17, 15) is 22.8 Å². The summed E-state index contributed by atoms with van der Waals surface area (Å²) in [5, 5.41) is 6.23. The van der Waals surface area contributed by atoms with Crippen molar-refractivity contribution >= 4 is 22.7 Å². The number of H-pyrrole nitrogens is 1. The Morgan fingerprint density at radius 1 is 1.00 bits per heavy atom. The summed E-state index contributed by atoms with van der Waals surface area (Å²) in [5.41, 5.74) is 8.78. The van der Waals surface area contributed by atoms with Crippen molar-refractivity contribution in [1.29, 1.82) is 0 Å². The Morgan fingerprint density at radius 3 is 2.49 bits per heavy atom. The molecule has 0 aliphatic rings. The summed E-state index contributed by atoms with van der Waals surface area (Å²) in [6.45, 7) is 0.0641. The molecule has 0 saturated heterocycles. The maximum atomic E-state index is 13.2. The molecule has 10 heteroatoms. The molecular formula is C27H25F3N4O3. The topological polar surface area (TPSA) is 109 Å². The van der Waals surface area contributed by atoms with Crippen molar-refractivity contribution in [3.8, 4) is 16.9 Å². The third-order valence-corrected chi connectivity index (χ3v) is 5.90. The van der Waals surface area contributed by atoms with Crippen molar-refractivity contribution in [1.82, 2.24) is 15.6 Å². The molecule has 37 heavy (non-hydrogen) atoms. The van der Waals surface area contributed by atoms with Crippen LogP contribution >= 0.6 is 0 Å². The van der Waals surface area contributed by atoms with Crippen molar-refractivity contribution in [2.24, 2.45) is 5.73 Å². The summed E-state index contributed by atoms with van der Waals surface area (Å²) in [6.07, 6.45) is -2.81. The van der Waals surface area contributed by atoms with E-state index in [4.69, 9.17) is 5.73 Å². The largest absolute Gasteiger partial charge is 0.573 e. The molecule has 0 radical (unpaired) electrons. The van der Waals surface area contributed by atoms with Crippen LogP contribution in [0.25, 0.3) is 22.0 Å². The maximum absolute atomic E-state index is 13.2. The number of para-hydroxylation sites is 1. The van der Waals surface area contributed by atoms with Crippen LogP contribution in [0.5, 0.6) is 5.75 Å². The van der Waals surface area contributed by atoms with Gasteiger partial charge in [-0.1, -0.05) is 36.4 Å². The Bertz CT molecular complexity index is 1430. The number of aromatic nitrogens is 1. The molecule has 0 aliphatic heterocycles. The smallest absolute Gasteiger partial charge is 0.405 e. The van der Waals surface area contributed by atoms with Crippen molar-refractivity contribution in [2.75, 3.05) is 13.6 Å². The predicted molar refractivity (Wildman–Crippen MR) is 134 cm³/mol. The summed E-state index contributed by atoms with van der Waals surface area (Å²) in [6, 6.07) is 17.4. The number of benzene rings is 3. The molecule has 4 rings (SSSR count). The number of nitrogens with two attached hydrogens (primary N) is 1. The minimum absolute atomic E-state index is 0.0641. The molecule has 5 N–H and O–H groups in total. The van der Waals surface area contributed by atoms with Crippen LogP contribution in [0.1, 0.15) is 26.3 Å². The average molecular weight is 511 g/mol. The molecule has 0 aliphatic carbocycles. The second-order valence-corrected chi connectivity index (χ2v) is 8.39. The number of hydrogen-bond acceptors (Lipinski definition) is 4. The highest BCUT2D eigenvalue weighted by Crippen LogP contribution is 2.31. The van der Waals surface area contributed by atoms with Crippen LogP contribution in [-0.2, 0) is 6.42 Å². The molecule has 4 aromatic rings. The molecular weight excluding hydrogens is 485 g/mol. The van der Waals surface area contributed by atoms with Gasteiger partial charge in [-0.05, 0) is 53.4 Å². The number of nitrogens with one attached hydrogen (secondary N) is 3. The third-order valence-electron chi connectivity index (χ3n) is 5.90. The van der Waals surface area contributed by atoms with E-state index >= 15 is 0 Å². The van der Waals surface area contributed by atoms with Gasteiger partial charge in [0, 0.05) is 42.3 Å². The number of ether oxygens (including phenoxy) is 1. The third kappa shape index (κ3) is 6.10. The van der Waals surface area contributed by atoms with E-state index in [1.807, 2.05) is 30.5 Å². The van der Waals surface area contributed by atoms with Gasteiger partial charge < -0.3 is 26.1 Å². The number of alkyl halides is 3. The van der Waals surface area contributed by atoms with E-state index in [-0.39, 0.29) is 18.0 Å². The molecule has 1 atom stereocenters. The van der Waals surface area contributed by atoms with Gasteiger partial charge in [-0.25, -0.2) is 0 Å². The lowest BCUT2D eigenvalue weighted by atomic mass is 9.99. The van der Waals surface area contributed by atoms with Gasteiger partial charge >= 0.3 is 6.36 Å². The summed E-state index contributed by atoms with van der Waals surface area (Å²) < 4.78 is 43.4. The van der Waals surface area contributed by atoms with Gasteiger partial charge in [0.25, 0.3) is 11.8 Å². The van der Waals surface area contributed by atoms with Gasteiger partial charge in [0.05, 0.1) is 5.56 Å². The van der Waals surface area contributed by atoms with E-state index in [1.165, 1.54) is 19.2 Å². The van der Waals surface area contributed by atoms with Crippen LogP contribution in [0, 0.1) is 0 Å². The standard InChI is InChI=1S/C27H25F3N4O3/c1-32-25(35)18-6-4-5-16(11-18)17-9-10-24(37-27(28,29)30)22(13-17)26(36)34-20(14-31)12-19-15-33-23-8-3-2-7-21(19)23/h2-11,13,15,20,33H,12,14,31H2,1H3,(H,32,35)(H,34,36). The van der Waals surface area contributed by atoms with Crippen LogP contribution in [0.3, 0.4) is 0 Å². The molecule has 0 fully saturated rings. The fourth-order valence-electron chi connectivity index (χ4n) is 4.11. The number of rotatable bonds is 8. The first-order valence-electron chi connectivity index (χ1n) is 11.5. The Hall–Kier alpha value is -4.31. The molecule has 2 amide bonds. The number of halogens is 3. The average Bonchev–Trinajstić information content (AvgIpc) is 3.29. The number of carbonyl (C=O) groups excluding carboxylic acids is 2. The maximum Gasteiger partial charge on any atom is 0.573 e. The van der Waals surface area contributed by atoms with Gasteiger partial charge in [0.2, 0.25) is 0 Å². The van der Waals surface area contributed by atoms with Crippen LogP contribution < -0.4 is 21.1 Å². The first-order chi connectivity index (χ1) is 17.7. The highest BCUT2D eigenvalue weighted by molar-refractivity contribution is 5.99. The van der Waals surface area contributed by atoms with Gasteiger partial charge in [-0.3, -0.25) is 9.59 Å². The molecule has 0 bridgehead atoms. The first-order valence-corrected chi connectivity index (χ1v) is 11.5. The van der Waals surface area contributed by atoms with E-state index in [0.29, 0.717) is 23.1 Å². The molecule has 1 unspecified atom stereocenters. The molecule has 1 aromatic heterocycles. The van der Waals surface area contributed by atoms with Gasteiger partial charge in [0.15, 0.2) is 0 Å². The Balaban J connectivity index is 1.64. The van der Waals surface area contributed by atoms with Crippen LogP contribution in [0.2, 0.25) is 0 Å². The SMILES string of the molecule is CNC(=O)c1cccc(-c2ccc(OC(F)(F)F)c(C(=O)NC(CN)Cc3c[nH]c4ccccc34)c2)c1. The normalized spacial score (nSPS) is 12.2. The first kappa shape index (κ1) is 25.8. The number of hydrogen-bond donors (Lipinski definition) is 4. The second-order valence-electron chi connectivity index (χ2n) is 8.39. The van der Waals surface area contributed by atoms with Gasteiger partial charge in [-0.15, -0.1) is 13.2 Å². The number of aromatic amines is 1. The Morgan fingerprint density at radius 2 is 1.76 bits per heavy atom. The fourth-order valence-corrected chi connectivity index (χ4v) is 4.11. The number of amides is 2. The molecule has 192 valence electrons. The number of carbonyl (C=O) groups is 2. The summed E-state index contributed by atoms with van der Waals surface area (Å²) in [5.74, 6) is -1.72. The minimum Gasteiger partial charge on any atom is -0.405 e. The summed E-state index contributed by atoms with van der Waals surface area (Å²) in [7, 11) is 1.49.